The quantitative estimate of drug-likeness (QED) is 0.707. The molecule has 1 heterocycles. The molecule has 1 N–H and O–H groups in total. The highest BCUT2D eigenvalue weighted by Gasteiger charge is 2.39. The summed E-state index contributed by atoms with van der Waals surface area (Å²) in [5.41, 5.74) is 3.93. The van der Waals surface area contributed by atoms with Crippen LogP contribution in [0.15, 0.2) is 36.4 Å². The molecular weight excluding hydrogens is 354 g/mol. The summed E-state index contributed by atoms with van der Waals surface area (Å²) in [4.78, 5) is 0. The van der Waals surface area contributed by atoms with Crippen molar-refractivity contribution in [3.8, 4) is 17.2 Å². The lowest BCUT2D eigenvalue weighted by Gasteiger charge is -2.46. The summed E-state index contributed by atoms with van der Waals surface area (Å²) in [6.45, 7) is 2.22. The number of aliphatic hydroxyl groups is 1. The number of hydrogen-bond acceptors (Lipinski definition) is 4. The van der Waals surface area contributed by atoms with Crippen molar-refractivity contribution >= 4 is 0 Å². The zero-order valence-corrected chi connectivity index (χ0v) is 17.4. The summed E-state index contributed by atoms with van der Waals surface area (Å²) in [7, 11) is 7.37. The number of fused-ring (bicyclic) bond motifs is 1. The van der Waals surface area contributed by atoms with Crippen molar-refractivity contribution in [2.75, 3.05) is 48.1 Å². The van der Waals surface area contributed by atoms with Gasteiger partial charge in [0.1, 0.15) is 11.8 Å². The van der Waals surface area contributed by atoms with Crippen molar-refractivity contribution in [1.82, 2.24) is 0 Å². The molecule has 2 atom stereocenters. The highest BCUT2D eigenvalue weighted by Crippen LogP contribution is 2.42. The van der Waals surface area contributed by atoms with Gasteiger partial charge < -0.3 is 23.8 Å². The van der Waals surface area contributed by atoms with E-state index in [1.807, 2.05) is 12.1 Å². The van der Waals surface area contributed by atoms with Gasteiger partial charge in [0.15, 0.2) is 11.5 Å². The summed E-state index contributed by atoms with van der Waals surface area (Å²) in [5.74, 6) is 2.43. The van der Waals surface area contributed by atoms with Gasteiger partial charge in [-0.1, -0.05) is 12.1 Å². The Labute approximate surface area is 168 Å². The first-order valence-electron chi connectivity index (χ1n) is 9.87. The maximum Gasteiger partial charge on any atom is 0.161 e. The van der Waals surface area contributed by atoms with Gasteiger partial charge in [0.2, 0.25) is 0 Å². The molecule has 0 fully saturated rings. The van der Waals surface area contributed by atoms with Gasteiger partial charge in [0.25, 0.3) is 0 Å². The van der Waals surface area contributed by atoms with Crippen LogP contribution in [0.3, 0.4) is 0 Å². The SMILES string of the molecule is COc1ccc(C[C@@H]2c3cc(OC)c(OC)cc3CC[N@@+]2(C)CCCO)cc1. The number of nitrogens with zero attached hydrogens (tertiary/aromatic N) is 1. The largest absolute Gasteiger partial charge is 0.497 e. The molecule has 1 aliphatic rings. The van der Waals surface area contributed by atoms with Crippen LogP contribution >= 0.6 is 0 Å². The summed E-state index contributed by atoms with van der Waals surface area (Å²) < 4.78 is 17.3. The van der Waals surface area contributed by atoms with E-state index in [1.165, 1.54) is 16.7 Å². The molecule has 0 saturated heterocycles. The highest BCUT2D eigenvalue weighted by molar-refractivity contribution is 5.49. The molecule has 2 aromatic carbocycles. The summed E-state index contributed by atoms with van der Waals surface area (Å²) in [6, 6.07) is 12.9. The Morgan fingerprint density at radius 3 is 2.29 bits per heavy atom. The van der Waals surface area contributed by atoms with Gasteiger partial charge >= 0.3 is 0 Å². The predicted molar refractivity (Wildman–Crippen MR) is 110 cm³/mol. The Kier molecular flexibility index (Phi) is 6.47. The van der Waals surface area contributed by atoms with Gasteiger partial charge in [0.05, 0.1) is 41.5 Å². The zero-order chi connectivity index (χ0) is 20.1. The van der Waals surface area contributed by atoms with Crippen molar-refractivity contribution in [2.24, 2.45) is 0 Å². The molecule has 0 spiro atoms. The maximum absolute atomic E-state index is 9.43. The van der Waals surface area contributed by atoms with E-state index < -0.39 is 0 Å². The third-order valence-corrected chi connectivity index (χ3v) is 6.06. The standard InChI is InChI=1S/C23H32NO4/c1-24(11-5-13-25)12-10-18-15-22(27-3)23(28-4)16-20(18)21(24)14-17-6-8-19(26-2)9-7-17/h6-9,15-16,21,25H,5,10-14H2,1-4H3/q+1/t21-,24-/m1/s1. The second kappa shape index (κ2) is 8.84. The number of aliphatic hydroxyl groups excluding tert-OH is 1. The van der Waals surface area contributed by atoms with Crippen LogP contribution in [0.5, 0.6) is 17.2 Å². The molecule has 152 valence electrons. The molecule has 5 heteroatoms. The highest BCUT2D eigenvalue weighted by atomic mass is 16.5. The van der Waals surface area contributed by atoms with Crippen LogP contribution in [0.2, 0.25) is 0 Å². The van der Waals surface area contributed by atoms with Gasteiger partial charge in [-0.2, -0.15) is 0 Å². The molecule has 3 rings (SSSR count). The Balaban J connectivity index is 2.01. The monoisotopic (exact) mass is 386 g/mol. The molecule has 0 saturated carbocycles. The number of rotatable bonds is 8. The van der Waals surface area contributed by atoms with E-state index in [0.29, 0.717) is 6.04 Å². The smallest absolute Gasteiger partial charge is 0.161 e. The molecule has 0 radical (unpaired) electrons. The van der Waals surface area contributed by atoms with Crippen LogP contribution in [0.4, 0.5) is 0 Å². The van der Waals surface area contributed by atoms with Crippen molar-refractivity contribution < 1.29 is 23.8 Å². The Morgan fingerprint density at radius 1 is 1.00 bits per heavy atom. The third kappa shape index (κ3) is 4.10. The maximum atomic E-state index is 9.43. The van der Waals surface area contributed by atoms with Crippen molar-refractivity contribution in [3.63, 3.8) is 0 Å². The lowest BCUT2D eigenvalue weighted by molar-refractivity contribution is -0.941. The minimum absolute atomic E-state index is 0.224. The molecule has 1 aliphatic heterocycles. The fraction of sp³-hybridized carbons (Fsp3) is 0.478. The summed E-state index contributed by atoms with van der Waals surface area (Å²) >= 11 is 0. The first-order valence-corrected chi connectivity index (χ1v) is 9.87. The molecule has 5 nitrogen and oxygen atoms in total. The van der Waals surface area contributed by atoms with Crippen molar-refractivity contribution in [2.45, 2.75) is 25.3 Å². The predicted octanol–water partition coefficient (Wildman–Crippen LogP) is 3.38. The Morgan fingerprint density at radius 2 is 1.68 bits per heavy atom. The van der Waals surface area contributed by atoms with Gasteiger partial charge in [-0.15, -0.1) is 0 Å². The first-order chi connectivity index (χ1) is 13.5. The van der Waals surface area contributed by atoms with E-state index in [0.717, 1.165) is 54.1 Å². The van der Waals surface area contributed by atoms with E-state index in [1.54, 1.807) is 21.3 Å². The summed E-state index contributed by atoms with van der Waals surface area (Å²) in [5, 5.41) is 9.43. The number of benzene rings is 2. The first kappa shape index (κ1) is 20.5. The minimum atomic E-state index is 0.224. The number of likely N-dealkylation sites (N-methyl/N-ethyl adjacent to an activating group) is 1. The fourth-order valence-electron chi connectivity index (χ4n) is 4.35. The minimum Gasteiger partial charge on any atom is -0.497 e. The zero-order valence-electron chi connectivity index (χ0n) is 17.4. The molecule has 0 bridgehead atoms. The molecule has 0 aromatic heterocycles. The van der Waals surface area contributed by atoms with Crippen LogP contribution in [0, 0.1) is 0 Å². The van der Waals surface area contributed by atoms with Crippen LogP contribution in [0.1, 0.15) is 29.2 Å². The van der Waals surface area contributed by atoms with Crippen LogP contribution in [0.25, 0.3) is 0 Å². The second-order valence-electron chi connectivity index (χ2n) is 7.73. The lowest BCUT2D eigenvalue weighted by atomic mass is 9.86. The normalized spacial score (nSPS) is 21.1. The van der Waals surface area contributed by atoms with E-state index in [9.17, 15) is 5.11 Å². The van der Waals surface area contributed by atoms with Crippen molar-refractivity contribution in [1.29, 1.82) is 0 Å². The summed E-state index contributed by atoms with van der Waals surface area (Å²) in [6.07, 6.45) is 2.73. The Hall–Kier alpha value is -2.24. The number of quaternary nitrogens is 1. The van der Waals surface area contributed by atoms with Gasteiger partial charge in [0, 0.05) is 31.4 Å². The third-order valence-electron chi connectivity index (χ3n) is 6.06. The van der Waals surface area contributed by atoms with Gasteiger partial charge in [-0.25, -0.2) is 0 Å². The van der Waals surface area contributed by atoms with Gasteiger partial charge in [-0.05, 0) is 35.4 Å². The molecule has 28 heavy (non-hydrogen) atoms. The molecule has 0 unspecified atom stereocenters. The average Bonchev–Trinajstić information content (AvgIpc) is 2.74. The van der Waals surface area contributed by atoms with Crippen LogP contribution in [-0.2, 0) is 12.8 Å². The number of methoxy groups -OCH3 is 3. The van der Waals surface area contributed by atoms with E-state index >= 15 is 0 Å². The van der Waals surface area contributed by atoms with Gasteiger partial charge in [-0.3, -0.25) is 0 Å². The van der Waals surface area contributed by atoms with Crippen molar-refractivity contribution in [3.05, 3.63) is 53.1 Å². The average molecular weight is 387 g/mol. The molecule has 0 amide bonds. The Bertz CT molecular complexity index is 790. The molecular formula is C23H32NO4+. The van der Waals surface area contributed by atoms with Crippen LogP contribution in [-0.4, -0.2) is 57.7 Å². The molecule has 0 aliphatic carbocycles. The second-order valence-corrected chi connectivity index (χ2v) is 7.73. The van der Waals surface area contributed by atoms with E-state index in [4.69, 9.17) is 14.2 Å². The van der Waals surface area contributed by atoms with E-state index in [2.05, 4.69) is 31.3 Å². The number of ether oxygens (including phenoxy) is 3. The van der Waals surface area contributed by atoms with E-state index in [-0.39, 0.29) is 6.61 Å². The fourth-order valence-corrected chi connectivity index (χ4v) is 4.35. The molecule has 2 aromatic rings. The van der Waals surface area contributed by atoms with Crippen LogP contribution < -0.4 is 14.2 Å². The number of hydrogen-bond donors (Lipinski definition) is 1. The topological polar surface area (TPSA) is 47.9 Å². The lowest BCUT2D eigenvalue weighted by Crippen LogP contribution is -2.52.